The number of rotatable bonds is 2. The second-order valence-corrected chi connectivity index (χ2v) is 5.62. The zero-order valence-electron chi connectivity index (χ0n) is 10.9. The molecule has 0 saturated heterocycles. The minimum atomic E-state index is 0.0201. The van der Waals surface area contributed by atoms with E-state index in [0.29, 0.717) is 11.8 Å². The summed E-state index contributed by atoms with van der Waals surface area (Å²) < 4.78 is 5.48. The summed E-state index contributed by atoms with van der Waals surface area (Å²) in [5.41, 5.74) is 2.27. The van der Waals surface area contributed by atoms with Gasteiger partial charge in [-0.1, -0.05) is 36.7 Å². The second-order valence-electron chi connectivity index (χ2n) is 5.62. The lowest BCUT2D eigenvalue weighted by Crippen LogP contribution is -2.57. The second kappa shape index (κ2) is 4.01. The standard InChI is InChI=1S/C15H19NO2/c1-15-9-5-7-11(14(15)16-17)13(15)10-6-3-4-8-12(10)18-2/h3-4,6,8,11,13,17H,5,7,9H2,1-2H3/b16-14+. The van der Waals surface area contributed by atoms with Crippen LogP contribution < -0.4 is 4.74 Å². The molecule has 0 radical (unpaired) electrons. The molecule has 1 N–H and O–H groups in total. The number of benzene rings is 1. The van der Waals surface area contributed by atoms with Gasteiger partial charge in [0, 0.05) is 17.3 Å². The predicted octanol–water partition coefficient (Wildman–Crippen LogP) is 3.43. The lowest BCUT2D eigenvalue weighted by Gasteiger charge is -2.58. The average molecular weight is 245 g/mol. The van der Waals surface area contributed by atoms with E-state index in [0.717, 1.165) is 24.3 Å². The summed E-state index contributed by atoms with van der Waals surface area (Å²) >= 11 is 0. The fourth-order valence-electron chi connectivity index (χ4n) is 4.04. The first-order valence-corrected chi connectivity index (χ1v) is 6.57. The van der Waals surface area contributed by atoms with Crippen LogP contribution in [0.1, 0.15) is 37.7 Å². The molecule has 3 nitrogen and oxygen atoms in total. The molecule has 0 spiro atoms. The van der Waals surface area contributed by atoms with E-state index < -0.39 is 0 Å². The van der Waals surface area contributed by atoms with Crippen molar-refractivity contribution in [3.05, 3.63) is 29.8 Å². The lowest BCUT2D eigenvalue weighted by molar-refractivity contribution is 0.129. The first-order valence-electron chi connectivity index (χ1n) is 6.57. The van der Waals surface area contributed by atoms with E-state index in [1.807, 2.05) is 12.1 Å². The fraction of sp³-hybridized carbons (Fsp3) is 0.533. The molecule has 0 heterocycles. The Bertz CT molecular complexity index is 497. The molecule has 3 unspecified atom stereocenters. The Morgan fingerprint density at radius 1 is 1.39 bits per heavy atom. The van der Waals surface area contributed by atoms with Crippen molar-refractivity contribution < 1.29 is 9.94 Å². The van der Waals surface area contributed by atoms with Gasteiger partial charge in [-0.2, -0.15) is 0 Å². The Morgan fingerprint density at radius 2 is 2.17 bits per heavy atom. The molecule has 3 heteroatoms. The highest BCUT2D eigenvalue weighted by molar-refractivity contribution is 6.00. The largest absolute Gasteiger partial charge is 0.496 e. The zero-order valence-corrected chi connectivity index (χ0v) is 10.9. The van der Waals surface area contributed by atoms with Gasteiger partial charge in [-0.25, -0.2) is 0 Å². The van der Waals surface area contributed by atoms with Gasteiger partial charge >= 0.3 is 0 Å². The number of nitrogens with zero attached hydrogens (tertiary/aromatic N) is 1. The van der Waals surface area contributed by atoms with Gasteiger partial charge in [0.15, 0.2) is 0 Å². The molecule has 3 rings (SSSR count). The van der Waals surface area contributed by atoms with Crippen LogP contribution in [0, 0.1) is 11.3 Å². The predicted molar refractivity (Wildman–Crippen MR) is 70.4 cm³/mol. The van der Waals surface area contributed by atoms with Crippen molar-refractivity contribution in [3.8, 4) is 5.75 Å². The molecule has 1 aromatic carbocycles. The summed E-state index contributed by atoms with van der Waals surface area (Å²) in [5.74, 6) is 1.79. The molecular weight excluding hydrogens is 226 g/mol. The Morgan fingerprint density at radius 3 is 2.83 bits per heavy atom. The molecule has 2 aliphatic rings. The summed E-state index contributed by atoms with van der Waals surface area (Å²) in [6, 6.07) is 8.22. The molecular formula is C15H19NO2. The Hall–Kier alpha value is -1.51. The Kier molecular flexibility index (Phi) is 2.58. The molecule has 2 fully saturated rings. The third kappa shape index (κ3) is 1.33. The summed E-state index contributed by atoms with van der Waals surface area (Å²) in [7, 11) is 1.72. The van der Waals surface area contributed by atoms with E-state index in [2.05, 4.69) is 24.2 Å². The van der Waals surface area contributed by atoms with Gasteiger partial charge < -0.3 is 9.94 Å². The number of para-hydroxylation sites is 1. The number of hydrogen-bond donors (Lipinski definition) is 1. The van der Waals surface area contributed by atoms with Crippen LogP contribution in [-0.4, -0.2) is 18.0 Å². The highest BCUT2D eigenvalue weighted by Gasteiger charge is 2.60. The van der Waals surface area contributed by atoms with E-state index in [9.17, 15) is 5.21 Å². The van der Waals surface area contributed by atoms with Gasteiger partial charge in [0.2, 0.25) is 0 Å². The Labute approximate surface area is 107 Å². The quantitative estimate of drug-likeness (QED) is 0.640. The number of fused-ring (bicyclic) bond motifs is 2. The maximum atomic E-state index is 9.20. The molecule has 96 valence electrons. The smallest absolute Gasteiger partial charge is 0.122 e. The monoisotopic (exact) mass is 245 g/mol. The van der Waals surface area contributed by atoms with Crippen molar-refractivity contribution in [1.29, 1.82) is 0 Å². The Balaban J connectivity index is 2.04. The van der Waals surface area contributed by atoms with Gasteiger partial charge in [-0.15, -0.1) is 0 Å². The first-order chi connectivity index (χ1) is 8.72. The van der Waals surface area contributed by atoms with E-state index in [1.54, 1.807) is 7.11 Å². The SMILES string of the molecule is COc1ccccc1C1C2CCCC1(C)/C2=N/O. The topological polar surface area (TPSA) is 41.8 Å². The van der Waals surface area contributed by atoms with Crippen molar-refractivity contribution >= 4 is 5.71 Å². The van der Waals surface area contributed by atoms with Crippen LogP contribution in [0.2, 0.25) is 0 Å². The lowest BCUT2D eigenvalue weighted by atomic mass is 9.45. The molecule has 2 aliphatic carbocycles. The van der Waals surface area contributed by atoms with Gasteiger partial charge in [0.25, 0.3) is 0 Å². The molecule has 18 heavy (non-hydrogen) atoms. The summed E-state index contributed by atoms with van der Waals surface area (Å²) in [5, 5.41) is 12.8. The molecule has 0 aliphatic heterocycles. The van der Waals surface area contributed by atoms with Crippen molar-refractivity contribution in [2.24, 2.45) is 16.5 Å². The van der Waals surface area contributed by atoms with Crippen LogP contribution in [0.25, 0.3) is 0 Å². The number of hydrogen-bond acceptors (Lipinski definition) is 3. The summed E-state index contributed by atoms with van der Waals surface area (Å²) in [6.07, 6.45) is 3.45. The summed E-state index contributed by atoms with van der Waals surface area (Å²) in [6.45, 7) is 2.22. The first kappa shape index (κ1) is 11.6. The molecule has 3 atom stereocenters. The van der Waals surface area contributed by atoms with E-state index in [1.165, 1.54) is 12.0 Å². The molecule has 1 aromatic rings. The number of ether oxygens (including phenoxy) is 1. The minimum Gasteiger partial charge on any atom is -0.496 e. The van der Waals surface area contributed by atoms with Crippen LogP contribution in [0.5, 0.6) is 5.75 Å². The molecule has 0 aromatic heterocycles. The van der Waals surface area contributed by atoms with Gasteiger partial charge in [0.05, 0.1) is 12.8 Å². The van der Waals surface area contributed by atoms with Crippen LogP contribution in [-0.2, 0) is 0 Å². The average Bonchev–Trinajstić information content (AvgIpc) is 2.40. The van der Waals surface area contributed by atoms with Gasteiger partial charge in [-0.05, 0) is 24.5 Å². The van der Waals surface area contributed by atoms with Crippen LogP contribution in [0.3, 0.4) is 0 Å². The normalized spacial score (nSPS) is 36.2. The summed E-state index contributed by atoms with van der Waals surface area (Å²) in [4.78, 5) is 0. The number of methoxy groups -OCH3 is 1. The molecule has 0 amide bonds. The van der Waals surface area contributed by atoms with E-state index in [4.69, 9.17) is 4.74 Å². The maximum Gasteiger partial charge on any atom is 0.122 e. The highest BCUT2D eigenvalue weighted by Crippen LogP contribution is 2.63. The minimum absolute atomic E-state index is 0.0201. The highest BCUT2D eigenvalue weighted by atomic mass is 16.5. The van der Waals surface area contributed by atoms with Crippen LogP contribution >= 0.6 is 0 Å². The number of oxime groups is 1. The van der Waals surface area contributed by atoms with Crippen molar-refractivity contribution in [2.75, 3.05) is 7.11 Å². The van der Waals surface area contributed by atoms with Crippen molar-refractivity contribution in [1.82, 2.24) is 0 Å². The van der Waals surface area contributed by atoms with Gasteiger partial charge in [0.1, 0.15) is 5.75 Å². The molecule has 2 saturated carbocycles. The fourth-order valence-corrected chi connectivity index (χ4v) is 4.04. The van der Waals surface area contributed by atoms with Gasteiger partial charge in [-0.3, -0.25) is 0 Å². The van der Waals surface area contributed by atoms with Crippen molar-refractivity contribution in [2.45, 2.75) is 32.1 Å². The van der Waals surface area contributed by atoms with Crippen molar-refractivity contribution in [3.63, 3.8) is 0 Å². The van der Waals surface area contributed by atoms with Crippen LogP contribution in [0.15, 0.2) is 29.4 Å². The zero-order chi connectivity index (χ0) is 12.8. The molecule has 2 bridgehead atoms. The van der Waals surface area contributed by atoms with Crippen LogP contribution in [0.4, 0.5) is 0 Å². The van der Waals surface area contributed by atoms with E-state index in [-0.39, 0.29) is 5.41 Å². The third-order valence-electron chi connectivity index (χ3n) is 4.82. The third-order valence-corrected chi connectivity index (χ3v) is 4.82. The maximum absolute atomic E-state index is 9.20. The van der Waals surface area contributed by atoms with E-state index >= 15 is 0 Å².